The summed E-state index contributed by atoms with van der Waals surface area (Å²) in [5, 5.41) is 37.6. The summed E-state index contributed by atoms with van der Waals surface area (Å²) in [7, 11) is 0. The second-order valence-electron chi connectivity index (χ2n) is 22.0. The molecule has 25 heteroatoms. The van der Waals surface area contributed by atoms with Gasteiger partial charge in [0.05, 0.1) is 63.8 Å². The number of aliphatic hydroxyl groups excluding tert-OH is 2. The standard InChI is InChI=1S/C58H70F2N8O15/c1-4-9-53-82-45-22-37-38-21-40(59)39-20-36(70)18-19-55(39,2)57(38,60)43(71)23-56(37,3)58(45,83-53)44(72)31-81-32-66-51(78)27-64-49(76)25-62-47(74)24-61-48(75)26-63-50(77)28-65-54(80)41(30-69)67-46(73)16-17-52(79)68-29-35-12-6-5-10-33(35)14-15-34-11-7-8-13-42(34)68/h5-8,10-15,18-20,37-38,40-41,43,45,53,69,71H,4,9,16-17,21-32H2,1-3H3,(H,61,75)(H,62,74)(H,63,77)(H,64,76)(H,65,80)(H,66,78)(H,67,73)/b15-14-/t37?,38-,40-,41-,43-,45+,53?,55-,56-,57-,58+/m0/s1. The number of alkyl halides is 2. The molecule has 446 valence electrons. The van der Waals surface area contributed by atoms with Crippen molar-refractivity contribution in [1.82, 2.24) is 37.2 Å². The second-order valence-corrected chi connectivity index (χ2v) is 22.0. The van der Waals surface area contributed by atoms with E-state index in [1.54, 1.807) is 17.9 Å². The molecule has 2 unspecified atom stereocenters. The van der Waals surface area contributed by atoms with Crippen LogP contribution in [0.25, 0.3) is 12.2 Å². The number of ketones is 2. The predicted octanol–water partition coefficient (Wildman–Crippen LogP) is 0.410. The van der Waals surface area contributed by atoms with E-state index in [9.17, 15) is 58.2 Å². The Hall–Kier alpha value is -7.58. The van der Waals surface area contributed by atoms with Crippen LogP contribution in [-0.4, -0.2) is 164 Å². The molecule has 0 bridgehead atoms. The maximum atomic E-state index is 17.8. The molecule has 3 saturated carbocycles. The Morgan fingerprint density at radius 1 is 0.771 bits per heavy atom. The third-order valence-electron chi connectivity index (χ3n) is 16.9. The van der Waals surface area contributed by atoms with E-state index in [0.29, 0.717) is 18.5 Å². The fourth-order valence-electron chi connectivity index (χ4n) is 12.8. The van der Waals surface area contributed by atoms with Gasteiger partial charge in [-0.1, -0.05) is 81.0 Å². The van der Waals surface area contributed by atoms with Crippen LogP contribution in [0.4, 0.5) is 14.5 Å². The highest BCUT2D eigenvalue weighted by Crippen LogP contribution is 2.72. The lowest BCUT2D eigenvalue weighted by atomic mass is 9.44. The van der Waals surface area contributed by atoms with Crippen LogP contribution in [0.3, 0.4) is 0 Å². The van der Waals surface area contributed by atoms with Gasteiger partial charge in [0.2, 0.25) is 47.3 Å². The minimum Gasteiger partial charge on any atom is -0.394 e. The van der Waals surface area contributed by atoms with Crippen LogP contribution in [0.1, 0.15) is 82.4 Å². The van der Waals surface area contributed by atoms with E-state index >= 15 is 8.78 Å². The molecule has 23 nitrogen and oxygen atoms in total. The van der Waals surface area contributed by atoms with Crippen LogP contribution in [0.2, 0.25) is 0 Å². The van der Waals surface area contributed by atoms with Gasteiger partial charge in [0.1, 0.15) is 25.6 Å². The molecule has 8 rings (SSSR count). The van der Waals surface area contributed by atoms with E-state index in [4.69, 9.17) is 14.2 Å². The molecule has 0 aromatic heterocycles. The summed E-state index contributed by atoms with van der Waals surface area (Å²) in [5.74, 6) is -8.75. The van der Waals surface area contributed by atoms with Gasteiger partial charge in [-0.3, -0.25) is 47.9 Å². The quantitative estimate of drug-likeness (QED) is 0.0538. The number of rotatable bonds is 23. The van der Waals surface area contributed by atoms with Crippen LogP contribution in [-0.2, 0) is 68.7 Å². The van der Waals surface area contributed by atoms with Gasteiger partial charge in [-0.2, -0.15) is 0 Å². The third-order valence-corrected chi connectivity index (χ3v) is 16.9. The topological polar surface area (TPSA) is 326 Å². The summed E-state index contributed by atoms with van der Waals surface area (Å²) >= 11 is 0. The molecule has 2 heterocycles. The molecule has 6 aliphatic rings. The first-order valence-electron chi connectivity index (χ1n) is 27.7. The van der Waals surface area contributed by atoms with Gasteiger partial charge in [-0.05, 0) is 79.0 Å². The molecule has 1 saturated heterocycles. The molecule has 2 aliphatic heterocycles. The number of fused-ring (bicyclic) bond motifs is 9. The summed E-state index contributed by atoms with van der Waals surface area (Å²) in [6.07, 6.45) is 2.58. The van der Waals surface area contributed by atoms with Crippen molar-refractivity contribution in [2.24, 2.45) is 22.7 Å². The van der Waals surface area contributed by atoms with Crippen molar-refractivity contribution < 1.29 is 81.1 Å². The Labute approximate surface area is 477 Å². The van der Waals surface area contributed by atoms with E-state index < -0.39 is 170 Å². The monoisotopic (exact) mass is 1160 g/mol. The zero-order valence-electron chi connectivity index (χ0n) is 46.3. The number of para-hydroxylation sites is 1. The summed E-state index contributed by atoms with van der Waals surface area (Å²) < 4.78 is 52.2. The molecular formula is C58H70F2N8O15. The van der Waals surface area contributed by atoms with Crippen molar-refractivity contribution in [2.45, 2.75) is 114 Å². The molecule has 0 spiro atoms. The number of anilines is 1. The predicted molar refractivity (Wildman–Crippen MR) is 292 cm³/mol. The third kappa shape index (κ3) is 12.7. The van der Waals surface area contributed by atoms with Gasteiger partial charge in [0.15, 0.2) is 29.1 Å². The Morgan fingerprint density at radius 2 is 1.37 bits per heavy atom. The highest BCUT2D eigenvalue weighted by molar-refractivity contribution is 6.02. The van der Waals surface area contributed by atoms with Crippen LogP contribution in [0, 0.1) is 22.7 Å². The molecule has 4 aliphatic carbocycles. The first-order chi connectivity index (χ1) is 39.6. The number of hydrogen-bond acceptors (Lipinski definition) is 15. The van der Waals surface area contributed by atoms with Gasteiger partial charge in [-0.15, -0.1) is 0 Å². The zero-order valence-corrected chi connectivity index (χ0v) is 46.3. The number of carbonyl (C=O) groups excluding carboxylic acids is 10. The average Bonchev–Trinajstić information content (AvgIpc) is 1.64. The molecule has 0 radical (unpaired) electrons. The molecular weight excluding hydrogens is 1090 g/mol. The van der Waals surface area contributed by atoms with Crippen molar-refractivity contribution in [3.8, 4) is 0 Å². The van der Waals surface area contributed by atoms with Crippen molar-refractivity contribution >= 4 is 76.7 Å². The number of amides is 8. The van der Waals surface area contributed by atoms with Gasteiger partial charge in [-0.25, -0.2) is 8.78 Å². The Balaban J connectivity index is 0.696. The highest BCUT2D eigenvalue weighted by Gasteiger charge is 2.80. The van der Waals surface area contributed by atoms with E-state index in [0.717, 1.165) is 22.8 Å². The van der Waals surface area contributed by atoms with Crippen molar-refractivity contribution in [1.29, 1.82) is 0 Å². The first-order valence-corrected chi connectivity index (χ1v) is 27.7. The number of Topliss-reactive ketones (excluding diaryl/α,β-unsaturated/α-hetero) is 1. The SMILES string of the molecule is CCCC1O[C@@H]2CC3[C@@H]4C[C@H](F)C5=CC(=O)C=C[C@]5(C)[C@@]4(F)[C@@H](O)C[C@]3(C)[C@]2(C(=O)COCNC(=O)CNC(=O)CNC(=O)CNC(=O)CNC(=O)CNC(=O)[C@H](CO)NC(=O)CCC(=O)N2Cc3ccccc3/C=C\c3ccccc32)O1. The Morgan fingerprint density at radius 3 is 2.02 bits per heavy atom. The fraction of sp³-hybridized carbons (Fsp3) is 0.517. The molecule has 11 atom stereocenters. The molecule has 2 aromatic rings. The summed E-state index contributed by atoms with van der Waals surface area (Å²) in [4.78, 5) is 129. The van der Waals surface area contributed by atoms with Crippen molar-refractivity contribution in [3.63, 3.8) is 0 Å². The minimum absolute atomic E-state index is 0.0262. The summed E-state index contributed by atoms with van der Waals surface area (Å²) in [6, 6.07) is 13.5. The second kappa shape index (κ2) is 25.9. The van der Waals surface area contributed by atoms with Crippen molar-refractivity contribution in [3.05, 3.63) is 89.0 Å². The van der Waals surface area contributed by atoms with Gasteiger partial charge in [0, 0.05) is 29.6 Å². The van der Waals surface area contributed by atoms with Crippen LogP contribution in [0.15, 0.2) is 72.3 Å². The van der Waals surface area contributed by atoms with Crippen molar-refractivity contribution in [2.75, 3.05) is 57.6 Å². The first kappa shape index (κ1) is 61.5. The van der Waals surface area contributed by atoms with E-state index in [-0.39, 0.29) is 50.1 Å². The molecule has 9 N–H and O–H groups in total. The van der Waals surface area contributed by atoms with Crippen LogP contribution in [0.5, 0.6) is 0 Å². The highest BCUT2D eigenvalue weighted by atomic mass is 19.1. The Kier molecular flexibility index (Phi) is 19.2. The fourth-order valence-corrected chi connectivity index (χ4v) is 12.8. The largest absolute Gasteiger partial charge is 0.394 e. The molecule has 2 aromatic carbocycles. The number of hydrogen-bond donors (Lipinski definition) is 9. The van der Waals surface area contributed by atoms with E-state index in [1.807, 2.05) is 61.5 Å². The Bertz CT molecular complexity index is 2990. The smallest absolute Gasteiger partial charge is 0.245 e. The van der Waals surface area contributed by atoms with Crippen LogP contribution >= 0.6 is 0 Å². The number of benzene rings is 2. The van der Waals surface area contributed by atoms with E-state index in [2.05, 4.69) is 37.2 Å². The van der Waals surface area contributed by atoms with Crippen LogP contribution < -0.4 is 42.1 Å². The van der Waals surface area contributed by atoms with Gasteiger partial charge >= 0.3 is 0 Å². The number of allylic oxidation sites excluding steroid dienone is 4. The summed E-state index contributed by atoms with van der Waals surface area (Å²) in [6.45, 7) is 0.415. The minimum atomic E-state index is -2.38. The molecule has 4 fully saturated rings. The number of aliphatic hydroxyl groups is 2. The number of nitrogens with one attached hydrogen (secondary N) is 7. The van der Waals surface area contributed by atoms with Gasteiger partial charge in [0.25, 0.3) is 0 Å². The lowest BCUT2D eigenvalue weighted by Gasteiger charge is -2.63. The normalized spacial score (nSPS) is 28.7. The lowest BCUT2D eigenvalue weighted by Crippen LogP contribution is -2.71. The maximum absolute atomic E-state index is 17.8. The lowest BCUT2D eigenvalue weighted by molar-refractivity contribution is -0.235. The zero-order chi connectivity index (χ0) is 59.9. The van der Waals surface area contributed by atoms with E-state index in [1.165, 1.54) is 19.1 Å². The maximum Gasteiger partial charge on any atom is 0.245 e. The summed E-state index contributed by atoms with van der Waals surface area (Å²) in [5.41, 5.74) is -3.68. The number of ether oxygens (including phenoxy) is 3. The molecule has 83 heavy (non-hydrogen) atoms. The average molecular weight is 1160 g/mol. The number of halogens is 2. The van der Waals surface area contributed by atoms with Gasteiger partial charge < -0.3 is 66.5 Å². The molecule has 8 amide bonds. The number of nitrogens with zero attached hydrogens (tertiary/aromatic N) is 1. The number of carbonyl (C=O) groups is 10.